The largest absolute Gasteiger partial charge is 0.544 e. The summed E-state index contributed by atoms with van der Waals surface area (Å²) in [4.78, 5) is 23.3. The number of rotatable bonds is 7. The van der Waals surface area contributed by atoms with Gasteiger partial charge in [-0.25, -0.2) is 0 Å². The molecule has 1 amide bonds. The van der Waals surface area contributed by atoms with Crippen molar-refractivity contribution in [2.45, 2.75) is 45.3 Å². The van der Waals surface area contributed by atoms with Crippen LogP contribution < -0.4 is 15.7 Å². The molecule has 3 N–H and O–H groups in total. The number of anilines is 1. The van der Waals surface area contributed by atoms with Crippen molar-refractivity contribution in [3.63, 3.8) is 0 Å². The monoisotopic (exact) mass is 320 g/mol. The molecule has 6 nitrogen and oxygen atoms in total. The Labute approximate surface area is 136 Å². The third kappa shape index (κ3) is 5.33. The summed E-state index contributed by atoms with van der Waals surface area (Å²) < 4.78 is 5.47. The van der Waals surface area contributed by atoms with E-state index in [1.807, 2.05) is 32.0 Å². The maximum atomic E-state index is 12.1. The Kier molecular flexibility index (Phi) is 6.12. The van der Waals surface area contributed by atoms with Gasteiger partial charge in [-0.1, -0.05) is 17.7 Å². The highest BCUT2D eigenvalue weighted by Gasteiger charge is 2.23. The second-order valence-electron chi connectivity index (χ2n) is 6.10. The van der Waals surface area contributed by atoms with Crippen LogP contribution in [-0.2, 0) is 14.3 Å². The number of amides is 1. The molecule has 0 saturated carbocycles. The Bertz CT molecular complexity index is 568. The number of carboxylic acid groups (broad SMARTS) is 1. The van der Waals surface area contributed by atoms with Crippen molar-refractivity contribution in [1.29, 1.82) is 0 Å². The van der Waals surface area contributed by atoms with Crippen molar-refractivity contribution in [3.05, 3.63) is 29.3 Å². The molecule has 2 atom stereocenters. The van der Waals surface area contributed by atoms with Gasteiger partial charge in [0.25, 0.3) is 0 Å². The van der Waals surface area contributed by atoms with E-state index in [1.54, 1.807) is 5.32 Å². The minimum atomic E-state index is -1.22. The fourth-order valence-electron chi connectivity index (χ4n) is 2.76. The van der Waals surface area contributed by atoms with E-state index in [4.69, 9.17) is 4.74 Å². The van der Waals surface area contributed by atoms with E-state index in [9.17, 15) is 14.7 Å². The second kappa shape index (κ2) is 8.08. The fraction of sp³-hybridized carbons (Fsp3) is 0.529. The third-order valence-electron chi connectivity index (χ3n) is 4.07. The van der Waals surface area contributed by atoms with Crippen LogP contribution in [0.2, 0.25) is 0 Å². The Morgan fingerprint density at radius 2 is 2.22 bits per heavy atom. The highest BCUT2D eigenvalue weighted by molar-refractivity contribution is 5.94. The van der Waals surface area contributed by atoms with Gasteiger partial charge in [-0.05, 0) is 38.3 Å². The molecule has 1 fully saturated rings. The number of carbonyl (C=O) groups excluding carboxylic acids is 2. The number of aryl methyl sites for hydroxylation is 2. The van der Waals surface area contributed by atoms with Gasteiger partial charge in [-0.15, -0.1) is 0 Å². The van der Waals surface area contributed by atoms with Gasteiger partial charge < -0.3 is 25.3 Å². The van der Waals surface area contributed by atoms with Crippen molar-refractivity contribution in [2.24, 2.45) is 0 Å². The van der Waals surface area contributed by atoms with Crippen LogP contribution >= 0.6 is 0 Å². The smallest absolute Gasteiger partial charge is 0.230 e. The van der Waals surface area contributed by atoms with Gasteiger partial charge >= 0.3 is 0 Å². The molecular weight excluding hydrogens is 296 g/mol. The van der Waals surface area contributed by atoms with E-state index < -0.39 is 12.0 Å². The maximum Gasteiger partial charge on any atom is 0.230 e. The van der Waals surface area contributed by atoms with Crippen LogP contribution in [-0.4, -0.2) is 37.2 Å². The average Bonchev–Trinajstić information content (AvgIpc) is 2.99. The standard InChI is InChI=1S/C17H24N2O4/c1-11-5-6-14(12(2)8-11)19-16(20)9-15(17(21)22)18-10-13-4-3-7-23-13/h5-6,8,13,15,18H,3-4,7,9-10H2,1-2H3,(H,19,20)(H,21,22)/t13-,15-/m1/s1. The number of carboxylic acids is 1. The first kappa shape index (κ1) is 17.4. The summed E-state index contributed by atoms with van der Waals surface area (Å²) in [5.41, 5.74) is 2.77. The Morgan fingerprint density at radius 1 is 1.43 bits per heavy atom. The van der Waals surface area contributed by atoms with Gasteiger partial charge in [-0.2, -0.15) is 0 Å². The number of hydrogen-bond acceptors (Lipinski definition) is 4. The molecular formula is C17H24N2O4. The molecule has 0 unspecified atom stereocenters. The number of quaternary nitrogens is 1. The second-order valence-corrected chi connectivity index (χ2v) is 6.10. The van der Waals surface area contributed by atoms with Crippen LogP contribution in [0.15, 0.2) is 18.2 Å². The SMILES string of the molecule is Cc1ccc(NC(=O)C[C@@H]([NH2+]C[C@H]2CCCO2)C(=O)[O-])c(C)c1. The molecule has 6 heteroatoms. The van der Waals surface area contributed by atoms with Crippen molar-refractivity contribution < 1.29 is 24.7 Å². The summed E-state index contributed by atoms with van der Waals surface area (Å²) in [6.45, 7) is 5.14. The summed E-state index contributed by atoms with van der Waals surface area (Å²) in [5.74, 6) is -1.55. The minimum Gasteiger partial charge on any atom is -0.544 e. The van der Waals surface area contributed by atoms with E-state index in [0.29, 0.717) is 12.2 Å². The van der Waals surface area contributed by atoms with E-state index >= 15 is 0 Å². The molecule has 126 valence electrons. The minimum absolute atomic E-state index is 0.0688. The van der Waals surface area contributed by atoms with Gasteiger partial charge in [0.1, 0.15) is 18.7 Å². The molecule has 0 spiro atoms. The first-order chi connectivity index (χ1) is 11.0. The normalized spacial score (nSPS) is 18.6. The summed E-state index contributed by atoms with van der Waals surface area (Å²) in [6, 6.07) is 4.80. The number of benzene rings is 1. The van der Waals surface area contributed by atoms with Crippen molar-refractivity contribution in [3.8, 4) is 0 Å². The van der Waals surface area contributed by atoms with Crippen LogP contribution in [0.4, 0.5) is 5.69 Å². The summed E-state index contributed by atoms with van der Waals surface area (Å²) in [5, 5.41) is 15.6. The molecule has 2 rings (SSSR count). The lowest BCUT2D eigenvalue weighted by Crippen LogP contribution is -2.94. The van der Waals surface area contributed by atoms with Gasteiger partial charge in [0.05, 0.1) is 12.4 Å². The van der Waals surface area contributed by atoms with Crippen molar-refractivity contribution >= 4 is 17.6 Å². The number of nitrogens with one attached hydrogen (secondary N) is 1. The average molecular weight is 320 g/mol. The highest BCUT2D eigenvalue weighted by atomic mass is 16.5. The van der Waals surface area contributed by atoms with Crippen molar-refractivity contribution in [2.75, 3.05) is 18.5 Å². The quantitative estimate of drug-likeness (QED) is 0.707. The molecule has 1 aromatic rings. The number of carbonyl (C=O) groups is 2. The maximum absolute atomic E-state index is 12.1. The van der Waals surface area contributed by atoms with Crippen LogP contribution in [0.3, 0.4) is 0 Å². The topological polar surface area (TPSA) is 95.1 Å². The molecule has 0 radical (unpaired) electrons. The van der Waals surface area contributed by atoms with Gasteiger partial charge in [0, 0.05) is 12.3 Å². The Morgan fingerprint density at radius 3 is 2.83 bits per heavy atom. The highest BCUT2D eigenvalue weighted by Crippen LogP contribution is 2.16. The van der Waals surface area contributed by atoms with Gasteiger partial charge in [0.2, 0.25) is 5.91 Å². The van der Waals surface area contributed by atoms with Crippen LogP contribution in [0.1, 0.15) is 30.4 Å². The number of hydrogen-bond donors (Lipinski definition) is 2. The lowest BCUT2D eigenvalue weighted by Gasteiger charge is -2.18. The summed E-state index contributed by atoms with van der Waals surface area (Å²) in [6.07, 6.45) is 1.88. The first-order valence-electron chi connectivity index (χ1n) is 7.98. The molecule has 1 saturated heterocycles. The van der Waals surface area contributed by atoms with Crippen LogP contribution in [0.25, 0.3) is 0 Å². The zero-order valence-corrected chi connectivity index (χ0v) is 13.6. The molecule has 0 aliphatic carbocycles. The van der Waals surface area contributed by atoms with Crippen molar-refractivity contribution in [1.82, 2.24) is 0 Å². The van der Waals surface area contributed by atoms with E-state index in [2.05, 4.69) is 5.32 Å². The van der Waals surface area contributed by atoms with E-state index in [-0.39, 0.29) is 18.4 Å². The van der Waals surface area contributed by atoms with Gasteiger partial charge in [0.15, 0.2) is 0 Å². The lowest BCUT2D eigenvalue weighted by molar-refractivity contribution is -0.687. The Balaban J connectivity index is 1.88. The van der Waals surface area contributed by atoms with Gasteiger partial charge in [-0.3, -0.25) is 4.79 Å². The zero-order chi connectivity index (χ0) is 16.8. The van der Waals surface area contributed by atoms with E-state index in [1.165, 1.54) is 0 Å². The molecule has 23 heavy (non-hydrogen) atoms. The predicted octanol–water partition coefficient (Wildman–Crippen LogP) is -0.507. The van der Waals surface area contributed by atoms with Crippen LogP contribution in [0, 0.1) is 13.8 Å². The predicted molar refractivity (Wildman–Crippen MR) is 83.7 cm³/mol. The molecule has 1 aliphatic heterocycles. The number of nitrogens with two attached hydrogens (primary N) is 1. The van der Waals surface area contributed by atoms with E-state index in [0.717, 1.165) is 30.6 Å². The number of aliphatic carboxylic acids is 1. The molecule has 0 aromatic heterocycles. The van der Waals surface area contributed by atoms with Crippen LogP contribution in [0.5, 0.6) is 0 Å². The molecule has 0 bridgehead atoms. The molecule has 1 heterocycles. The molecule has 1 aliphatic rings. The Hall–Kier alpha value is -1.92. The number of ether oxygens (including phenoxy) is 1. The first-order valence-corrected chi connectivity index (χ1v) is 7.98. The summed E-state index contributed by atoms with van der Waals surface area (Å²) in [7, 11) is 0. The molecule has 1 aromatic carbocycles. The fourth-order valence-corrected chi connectivity index (χ4v) is 2.76. The third-order valence-corrected chi connectivity index (χ3v) is 4.07. The lowest BCUT2D eigenvalue weighted by atomic mass is 10.1. The summed E-state index contributed by atoms with van der Waals surface area (Å²) >= 11 is 0. The zero-order valence-electron chi connectivity index (χ0n) is 13.6.